The average molecular weight is 817 g/mol. The largest absolute Gasteiger partial charge is 0.506 e. The molecule has 60 heavy (non-hydrogen) atoms. The van der Waals surface area contributed by atoms with Crippen molar-refractivity contribution in [3.05, 3.63) is 130 Å². The van der Waals surface area contributed by atoms with Crippen molar-refractivity contribution in [3.8, 4) is 16.9 Å². The molecular formula is C47H56N6O7. The number of aliphatic hydroxyl groups is 1. The number of rotatable bonds is 18. The molecule has 3 amide bonds. The second-order valence-corrected chi connectivity index (χ2v) is 15.6. The highest BCUT2D eigenvalue weighted by Crippen LogP contribution is 2.29. The number of carbonyl (C=O) groups excluding carboxylic acids is 3. The molecule has 2 heterocycles. The Morgan fingerprint density at radius 3 is 2.48 bits per heavy atom. The van der Waals surface area contributed by atoms with E-state index in [1.165, 1.54) is 12.1 Å². The van der Waals surface area contributed by atoms with E-state index in [9.17, 15) is 29.4 Å². The maximum absolute atomic E-state index is 12.9. The number of piperidine rings is 1. The highest BCUT2D eigenvalue weighted by atomic mass is 16.6. The number of anilines is 1. The molecule has 0 radical (unpaired) electrons. The van der Waals surface area contributed by atoms with E-state index in [0.717, 1.165) is 35.3 Å². The zero-order valence-electron chi connectivity index (χ0n) is 34.4. The van der Waals surface area contributed by atoms with E-state index >= 15 is 0 Å². The number of para-hydroxylation sites is 1. The van der Waals surface area contributed by atoms with Gasteiger partial charge in [-0.2, -0.15) is 0 Å². The number of phenolic OH excluding ortho intramolecular Hbond substituents is 1. The number of aliphatic hydroxyl groups excluding tert-OH is 1. The Hall–Kier alpha value is -6.02. The summed E-state index contributed by atoms with van der Waals surface area (Å²) in [6.45, 7) is 5.43. The van der Waals surface area contributed by atoms with Crippen LogP contribution in [-0.4, -0.2) is 101 Å². The Bertz CT molecular complexity index is 2270. The molecule has 1 aliphatic heterocycles. The quantitative estimate of drug-likeness (QED) is 0.0601. The van der Waals surface area contributed by atoms with Crippen LogP contribution in [0.2, 0.25) is 0 Å². The van der Waals surface area contributed by atoms with Gasteiger partial charge in [0.2, 0.25) is 17.4 Å². The molecule has 2 atom stereocenters. The Morgan fingerprint density at radius 2 is 1.68 bits per heavy atom. The van der Waals surface area contributed by atoms with Crippen molar-refractivity contribution >= 4 is 34.5 Å². The third-order valence-corrected chi connectivity index (χ3v) is 10.9. The van der Waals surface area contributed by atoms with Gasteiger partial charge in [0.15, 0.2) is 0 Å². The fourth-order valence-electron chi connectivity index (χ4n) is 7.63. The molecule has 0 unspecified atom stereocenters. The third-order valence-electron chi connectivity index (χ3n) is 10.9. The second-order valence-electron chi connectivity index (χ2n) is 15.6. The highest BCUT2D eigenvalue weighted by Gasteiger charge is 2.24. The van der Waals surface area contributed by atoms with Crippen LogP contribution in [0.3, 0.4) is 0 Å². The number of nitrogens with zero attached hydrogens (tertiary/aromatic N) is 2. The van der Waals surface area contributed by atoms with Gasteiger partial charge in [-0.3, -0.25) is 19.7 Å². The summed E-state index contributed by atoms with van der Waals surface area (Å²) in [4.78, 5) is 56.7. The first-order valence-electron chi connectivity index (χ1n) is 20.7. The predicted molar refractivity (Wildman–Crippen MR) is 234 cm³/mol. The number of aromatic nitrogens is 1. The van der Waals surface area contributed by atoms with Crippen LogP contribution in [0.15, 0.2) is 108 Å². The van der Waals surface area contributed by atoms with E-state index in [2.05, 4.69) is 25.8 Å². The average Bonchev–Trinajstić information content (AvgIpc) is 3.24. The van der Waals surface area contributed by atoms with Crippen LogP contribution < -0.4 is 21.5 Å². The molecule has 13 heteroatoms. The van der Waals surface area contributed by atoms with Gasteiger partial charge >= 0.3 is 6.09 Å². The maximum Gasteiger partial charge on any atom is 0.411 e. The molecule has 13 nitrogen and oxygen atoms in total. The lowest BCUT2D eigenvalue weighted by atomic mass is 10.0. The van der Waals surface area contributed by atoms with E-state index in [1.54, 1.807) is 24.1 Å². The van der Waals surface area contributed by atoms with Crippen molar-refractivity contribution in [2.45, 2.75) is 63.7 Å². The summed E-state index contributed by atoms with van der Waals surface area (Å²) in [7, 11) is 1.79. The van der Waals surface area contributed by atoms with Gasteiger partial charge in [-0.15, -0.1) is 0 Å². The molecule has 6 rings (SSSR count). The summed E-state index contributed by atoms with van der Waals surface area (Å²) < 4.78 is 5.76. The number of ether oxygens (including phenoxy) is 1. The smallest absolute Gasteiger partial charge is 0.411 e. The molecule has 5 aromatic rings. The molecule has 1 saturated heterocycles. The van der Waals surface area contributed by atoms with Gasteiger partial charge < -0.3 is 40.4 Å². The van der Waals surface area contributed by atoms with Crippen LogP contribution >= 0.6 is 0 Å². The van der Waals surface area contributed by atoms with E-state index < -0.39 is 12.2 Å². The Balaban J connectivity index is 0.832. The molecule has 0 spiro atoms. The molecule has 4 aromatic carbocycles. The van der Waals surface area contributed by atoms with Crippen LogP contribution in [-0.2, 0) is 27.2 Å². The topological polar surface area (TPSA) is 176 Å². The molecule has 6 N–H and O–H groups in total. The third kappa shape index (κ3) is 12.5. The number of aromatic hydroxyl groups is 1. The molecule has 0 aliphatic carbocycles. The van der Waals surface area contributed by atoms with Crippen molar-refractivity contribution in [3.63, 3.8) is 0 Å². The van der Waals surface area contributed by atoms with Gasteiger partial charge in [0.1, 0.15) is 11.9 Å². The van der Waals surface area contributed by atoms with Crippen molar-refractivity contribution in [1.82, 2.24) is 25.4 Å². The molecule has 316 valence electrons. The van der Waals surface area contributed by atoms with Crippen LogP contribution in [0.4, 0.5) is 10.5 Å². The number of nitrogens with one attached hydrogen (secondary N) is 4. The highest BCUT2D eigenvalue weighted by molar-refractivity contribution is 5.91. The molecular weight excluding hydrogens is 761 g/mol. The summed E-state index contributed by atoms with van der Waals surface area (Å²) >= 11 is 0. The van der Waals surface area contributed by atoms with Gasteiger partial charge in [-0.25, -0.2) is 4.79 Å². The summed E-state index contributed by atoms with van der Waals surface area (Å²) in [6.07, 6.45) is 1.87. The lowest BCUT2D eigenvalue weighted by Crippen LogP contribution is -2.40. The normalized spacial score (nSPS) is 14.3. The van der Waals surface area contributed by atoms with Crippen LogP contribution in [0.5, 0.6) is 5.75 Å². The lowest BCUT2D eigenvalue weighted by Gasteiger charge is -2.31. The van der Waals surface area contributed by atoms with Crippen LogP contribution in [0.1, 0.15) is 55.4 Å². The number of carbonyl (C=O) groups is 3. The minimum atomic E-state index is -0.858. The Morgan fingerprint density at radius 1 is 0.933 bits per heavy atom. The zero-order valence-corrected chi connectivity index (χ0v) is 34.4. The van der Waals surface area contributed by atoms with Gasteiger partial charge in [-0.05, 0) is 73.1 Å². The molecule has 0 bridgehead atoms. The first-order valence-corrected chi connectivity index (χ1v) is 20.7. The van der Waals surface area contributed by atoms with E-state index in [1.807, 2.05) is 85.8 Å². The predicted octanol–water partition coefficient (Wildman–Crippen LogP) is 5.77. The zero-order chi connectivity index (χ0) is 42.4. The Kier molecular flexibility index (Phi) is 15.5. The molecule has 1 aliphatic rings. The van der Waals surface area contributed by atoms with Crippen molar-refractivity contribution in [2.24, 2.45) is 0 Å². The van der Waals surface area contributed by atoms with Crippen molar-refractivity contribution < 1.29 is 29.3 Å². The number of aromatic amines is 1. The fraction of sp³-hybridized carbons (Fsp3) is 0.362. The molecule has 1 fully saturated rings. The number of phenols is 1. The fourth-order valence-corrected chi connectivity index (χ4v) is 7.63. The maximum atomic E-state index is 12.9. The lowest BCUT2D eigenvalue weighted by molar-refractivity contribution is -0.130. The van der Waals surface area contributed by atoms with E-state index in [4.69, 9.17) is 4.74 Å². The van der Waals surface area contributed by atoms with E-state index in [-0.39, 0.29) is 48.2 Å². The van der Waals surface area contributed by atoms with E-state index in [0.29, 0.717) is 73.9 Å². The second kappa shape index (κ2) is 21.3. The molecule has 0 saturated carbocycles. The van der Waals surface area contributed by atoms with Crippen molar-refractivity contribution in [2.75, 3.05) is 51.6 Å². The minimum absolute atomic E-state index is 0.0218. The van der Waals surface area contributed by atoms with Crippen molar-refractivity contribution in [1.29, 1.82) is 0 Å². The first kappa shape index (κ1) is 43.6. The van der Waals surface area contributed by atoms with Crippen LogP contribution in [0, 0.1) is 0 Å². The Labute approximate surface area is 350 Å². The monoisotopic (exact) mass is 816 g/mol. The number of hydrogen-bond donors (Lipinski definition) is 6. The number of hydrogen-bond acceptors (Lipinski definition) is 9. The summed E-state index contributed by atoms with van der Waals surface area (Å²) in [5.74, 6) is -0.0828. The number of H-pyrrole nitrogens is 1. The minimum Gasteiger partial charge on any atom is -0.506 e. The number of benzene rings is 4. The van der Waals surface area contributed by atoms with Gasteiger partial charge in [0, 0.05) is 75.8 Å². The number of fused-ring (bicyclic) bond motifs is 1. The number of amides is 3. The summed E-state index contributed by atoms with van der Waals surface area (Å²) in [5, 5.41) is 30.9. The summed E-state index contributed by atoms with van der Waals surface area (Å²) in [6, 6.07) is 31.6. The number of likely N-dealkylation sites (tertiary alicyclic amines) is 1. The van der Waals surface area contributed by atoms with Gasteiger partial charge in [0.05, 0.1) is 23.7 Å². The number of pyridine rings is 1. The van der Waals surface area contributed by atoms with Crippen LogP contribution in [0.25, 0.3) is 22.0 Å². The molecule has 1 aromatic heterocycles. The standard InChI is InChI=1S/C47H56N6O7/c1-32(49-31-42(55)38-16-18-41(54)46-39(38)17-19-43(56)51-46)28-33-10-8-11-34(29-33)30-44(57)48-23-9-24-52(2)45(58)22-27-53-25-20-36(21-26-53)60-47(59)50-40-15-7-6-14-37(40)35-12-4-3-5-13-35/h3-8,10-19,29,32,36,42,49,54-55H,9,20-28,30-31H2,1-2H3,(H,48,57)(H,50,59)(H,51,56)/t32-,42+/m0/s1. The SMILES string of the molecule is C[C@@H](Cc1cccc(CC(=O)NCCCN(C)C(=O)CCN2CCC(OC(=O)Nc3ccccc3-c3ccccc3)CC2)c1)NC[C@@H](O)c1ccc(O)c2[nH]c(=O)ccc12. The first-order chi connectivity index (χ1) is 29.0. The van der Waals surface area contributed by atoms with Gasteiger partial charge in [-0.1, -0.05) is 78.9 Å². The van der Waals surface area contributed by atoms with Gasteiger partial charge in [0.25, 0.3) is 0 Å². The summed E-state index contributed by atoms with van der Waals surface area (Å²) in [5.41, 5.74) is 5.18.